The number of hydrogen-bond acceptors (Lipinski definition) is 2. The van der Waals surface area contributed by atoms with Crippen LogP contribution in [0.1, 0.15) is 0 Å². The summed E-state index contributed by atoms with van der Waals surface area (Å²) in [5.41, 5.74) is 4.47. The highest BCUT2D eigenvalue weighted by Crippen LogP contribution is 2.23. The van der Waals surface area contributed by atoms with E-state index in [0.29, 0.717) is 0 Å². The van der Waals surface area contributed by atoms with Crippen LogP contribution < -0.4 is 0 Å². The number of nitrogens with one attached hydrogen (secondary N) is 1. The van der Waals surface area contributed by atoms with Gasteiger partial charge in [-0.3, -0.25) is 9.97 Å². The van der Waals surface area contributed by atoms with E-state index in [0.717, 1.165) is 22.5 Å². The second kappa shape index (κ2) is 4.22. The SMILES string of the molecule is c1cc(-c2ccc(-c3ccncc3)[nH]2)ccn1. The summed E-state index contributed by atoms with van der Waals surface area (Å²) in [5, 5.41) is 0. The van der Waals surface area contributed by atoms with Gasteiger partial charge in [0.15, 0.2) is 0 Å². The molecule has 1 N–H and O–H groups in total. The summed E-state index contributed by atoms with van der Waals surface area (Å²) in [6, 6.07) is 12.1. The van der Waals surface area contributed by atoms with E-state index in [-0.39, 0.29) is 0 Å². The van der Waals surface area contributed by atoms with Crippen LogP contribution in [0.15, 0.2) is 61.2 Å². The minimum absolute atomic E-state index is 1.10. The fourth-order valence-corrected chi connectivity index (χ4v) is 1.79. The lowest BCUT2D eigenvalue weighted by Crippen LogP contribution is -1.80. The molecule has 3 rings (SSSR count). The van der Waals surface area contributed by atoms with Crippen molar-refractivity contribution in [2.24, 2.45) is 0 Å². The molecule has 0 fully saturated rings. The minimum Gasteiger partial charge on any atom is -0.355 e. The number of H-pyrrole nitrogens is 1. The van der Waals surface area contributed by atoms with Crippen LogP contribution in [0.5, 0.6) is 0 Å². The molecule has 0 spiro atoms. The molecule has 3 aromatic heterocycles. The normalized spacial score (nSPS) is 10.4. The first-order valence-electron chi connectivity index (χ1n) is 5.43. The van der Waals surface area contributed by atoms with Crippen LogP contribution in [0.25, 0.3) is 22.5 Å². The Hall–Kier alpha value is -2.42. The maximum atomic E-state index is 4.01. The van der Waals surface area contributed by atoms with Crippen LogP contribution in [0.3, 0.4) is 0 Å². The fraction of sp³-hybridized carbons (Fsp3) is 0. The number of pyridine rings is 2. The molecule has 0 saturated carbocycles. The van der Waals surface area contributed by atoms with Crippen molar-refractivity contribution in [2.75, 3.05) is 0 Å². The molecule has 0 amide bonds. The van der Waals surface area contributed by atoms with Gasteiger partial charge in [-0.25, -0.2) is 0 Å². The monoisotopic (exact) mass is 221 g/mol. The molecule has 0 radical (unpaired) electrons. The summed E-state index contributed by atoms with van der Waals surface area (Å²) < 4.78 is 0. The van der Waals surface area contributed by atoms with Crippen LogP contribution in [0, 0.1) is 0 Å². The molecule has 3 heterocycles. The Labute approximate surface area is 99.2 Å². The van der Waals surface area contributed by atoms with Gasteiger partial charge in [-0.05, 0) is 36.4 Å². The minimum atomic E-state index is 1.10. The fourth-order valence-electron chi connectivity index (χ4n) is 1.79. The Morgan fingerprint density at radius 2 is 1.00 bits per heavy atom. The second-order valence-corrected chi connectivity index (χ2v) is 3.76. The molecule has 82 valence electrons. The quantitative estimate of drug-likeness (QED) is 0.722. The topological polar surface area (TPSA) is 41.6 Å². The van der Waals surface area contributed by atoms with E-state index in [1.807, 2.05) is 24.3 Å². The number of aromatic amines is 1. The number of hydrogen-bond donors (Lipinski definition) is 1. The van der Waals surface area contributed by atoms with Gasteiger partial charge < -0.3 is 4.98 Å². The molecular weight excluding hydrogens is 210 g/mol. The van der Waals surface area contributed by atoms with Gasteiger partial charge in [-0.2, -0.15) is 0 Å². The highest BCUT2D eigenvalue weighted by molar-refractivity contribution is 5.67. The number of aromatic nitrogens is 3. The van der Waals surface area contributed by atoms with Crippen LogP contribution in [0.2, 0.25) is 0 Å². The van der Waals surface area contributed by atoms with Crippen molar-refractivity contribution in [1.82, 2.24) is 15.0 Å². The predicted octanol–water partition coefficient (Wildman–Crippen LogP) is 3.14. The van der Waals surface area contributed by atoms with Crippen molar-refractivity contribution < 1.29 is 0 Å². The van der Waals surface area contributed by atoms with E-state index < -0.39 is 0 Å². The molecule has 0 aliphatic carbocycles. The molecule has 0 atom stereocenters. The Morgan fingerprint density at radius 3 is 1.41 bits per heavy atom. The van der Waals surface area contributed by atoms with E-state index in [1.54, 1.807) is 24.8 Å². The summed E-state index contributed by atoms with van der Waals surface area (Å²) in [6.45, 7) is 0. The Morgan fingerprint density at radius 1 is 0.588 bits per heavy atom. The Balaban J connectivity index is 1.99. The molecule has 0 aromatic carbocycles. The molecule has 0 aliphatic heterocycles. The predicted molar refractivity (Wildman–Crippen MR) is 67.3 cm³/mol. The van der Waals surface area contributed by atoms with Crippen molar-refractivity contribution >= 4 is 0 Å². The standard InChI is InChI=1S/C14H11N3/c1-2-14(12-5-9-16-10-6-12)17-13(1)11-3-7-15-8-4-11/h1-10,17H. The lowest BCUT2D eigenvalue weighted by atomic mass is 10.2. The summed E-state index contributed by atoms with van der Waals surface area (Å²) in [6.07, 6.45) is 7.18. The molecule has 0 unspecified atom stereocenters. The van der Waals surface area contributed by atoms with E-state index in [4.69, 9.17) is 0 Å². The van der Waals surface area contributed by atoms with Crippen molar-refractivity contribution in [3.8, 4) is 22.5 Å². The third-order valence-electron chi connectivity index (χ3n) is 2.67. The lowest BCUT2D eigenvalue weighted by molar-refractivity contribution is 1.30. The van der Waals surface area contributed by atoms with E-state index in [2.05, 4.69) is 27.1 Å². The molecule has 0 aliphatic rings. The summed E-state index contributed by atoms with van der Waals surface area (Å²) in [7, 11) is 0. The first-order valence-corrected chi connectivity index (χ1v) is 5.43. The van der Waals surface area contributed by atoms with Crippen molar-refractivity contribution in [1.29, 1.82) is 0 Å². The van der Waals surface area contributed by atoms with Crippen LogP contribution in [-0.4, -0.2) is 15.0 Å². The van der Waals surface area contributed by atoms with Crippen molar-refractivity contribution in [2.45, 2.75) is 0 Å². The highest BCUT2D eigenvalue weighted by Gasteiger charge is 2.02. The van der Waals surface area contributed by atoms with Crippen LogP contribution >= 0.6 is 0 Å². The molecular formula is C14H11N3. The lowest BCUT2D eigenvalue weighted by Gasteiger charge is -1.98. The Kier molecular flexibility index (Phi) is 2.43. The van der Waals surface area contributed by atoms with E-state index >= 15 is 0 Å². The molecule has 0 bridgehead atoms. The third kappa shape index (κ3) is 1.95. The molecule has 0 saturated heterocycles. The van der Waals surface area contributed by atoms with Gasteiger partial charge in [0.1, 0.15) is 0 Å². The largest absolute Gasteiger partial charge is 0.355 e. The zero-order valence-corrected chi connectivity index (χ0v) is 9.17. The van der Waals surface area contributed by atoms with Crippen molar-refractivity contribution in [3.63, 3.8) is 0 Å². The van der Waals surface area contributed by atoms with Crippen LogP contribution in [0.4, 0.5) is 0 Å². The molecule has 17 heavy (non-hydrogen) atoms. The summed E-state index contributed by atoms with van der Waals surface area (Å²) in [5.74, 6) is 0. The van der Waals surface area contributed by atoms with Gasteiger partial charge in [0.2, 0.25) is 0 Å². The van der Waals surface area contributed by atoms with E-state index in [9.17, 15) is 0 Å². The second-order valence-electron chi connectivity index (χ2n) is 3.76. The van der Waals surface area contributed by atoms with Gasteiger partial charge in [-0.1, -0.05) is 0 Å². The van der Waals surface area contributed by atoms with Gasteiger partial charge in [0.25, 0.3) is 0 Å². The van der Waals surface area contributed by atoms with Gasteiger partial charge >= 0.3 is 0 Å². The maximum absolute atomic E-state index is 4.01. The number of nitrogens with zero attached hydrogens (tertiary/aromatic N) is 2. The van der Waals surface area contributed by atoms with Gasteiger partial charge in [0, 0.05) is 47.3 Å². The zero-order valence-electron chi connectivity index (χ0n) is 9.17. The van der Waals surface area contributed by atoms with E-state index in [1.165, 1.54) is 0 Å². The highest BCUT2D eigenvalue weighted by atomic mass is 14.7. The van der Waals surface area contributed by atoms with Crippen molar-refractivity contribution in [3.05, 3.63) is 61.2 Å². The van der Waals surface area contributed by atoms with Gasteiger partial charge in [-0.15, -0.1) is 0 Å². The molecule has 3 nitrogen and oxygen atoms in total. The first kappa shape index (κ1) is 9.78. The number of rotatable bonds is 2. The molecule has 3 heteroatoms. The average molecular weight is 221 g/mol. The maximum Gasteiger partial charge on any atom is 0.0459 e. The average Bonchev–Trinajstić information content (AvgIpc) is 2.90. The smallest absolute Gasteiger partial charge is 0.0459 e. The summed E-state index contributed by atoms with van der Waals surface area (Å²) >= 11 is 0. The van der Waals surface area contributed by atoms with Gasteiger partial charge in [0.05, 0.1) is 0 Å². The van der Waals surface area contributed by atoms with Crippen LogP contribution in [-0.2, 0) is 0 Å². The third-order valence-corrected chi connectivity index (χ3v) is 2.67. The molecule has 3 aromatic rings. The zero-order chi connectivity index (χ0) is 11.5. The first-order chi connectivity index (χ1) is 8.43. The summed E-state index contributed by atoms with van der Waals surface area (Å²) in [4.78, 5) is 11.4. The Bertz CT molecular complexity index is 546.